The Kier molecular flexibility index (Phi) is 3.63. The highest BCUT2D eigenvalue weighted by molar-refractivity contribution is 5.17. The number of aliphatic hydroxyl groups excluding tert-OH is 1. The minimum absolute atomic E-state index is 0.00267. The summed E-state index contributed by atoms with van der Waals surface area (Å²) in [6, 6.07) is 8.84. The molecule has 7 heteroatoms. The van der Waals surface area contributed by atoms with E-state index in [0.29, 0.717) is 0 Å². The van der Waals surface area contributed by atoms with Gasteiger partial charge in [-0.2, -0.15) is 0 Å². The zero-order valence-electron chi connectivity index (χ0n) is 9.67. The van der Waals surface area contributed by atoms with Crippen LogP contribution in [0.1, 0.15) is 24.6 Å². The van der Waals surface area contributed by atoms with Gasteiger partial charge in [-0.15, -0.1) is 5.11 Å². The first kappa shape index (κ1) is 12.2. The summed E-state index contributed by atoms with van der Waals surface area (Å²) in [5.41, 5.74) is 0.771. The van der Waals surface area contributed by atoms with Crippen molar-refractivity contribution in [3.05, 3.63) is 47.3 Å². The maximum absolute atomic E-state index is 10.2. The van der Waals surface area contributed by atoms with Gasteiger partial charge in [0.05, 0.1) is 0 Å². The number of aromatic nitrogens is 2. The average Bonchev–Trinajstić information content (AvgIpc) is 2.87. The molecule has 0 amide bonds. The highest BCUT2D eigenvalue weighted by Gasteiger charge is 2.28. The molecule has 0 fully saturated rings. The van der Waals surface area contributed by atoms with Gasteiger partial charge in [0.15, 0.2) is 0 Å². The van der Waals surface area contributed by atoms with Gasteiger partial charge in [0.2, 0.25) is 11.3 Å². The first-order chi connectivity index (χ1) is 8.72. The van der Waals surface area contributed by atoms with E-state index in [1.54, 1.807) is 6.92 Å². The fraction of sp³-hybridized carbons (Fsp3) is 0.273. The Balaban J connectivity index is 2.17. The van der Waals surface area contributed by atoms with Crippen LogP contribution in [0.25, 0.3) is 0 Å². The maximum atomic E-state index is 10.2. The smallest absolute Gasteiger partial charge is 0.339 e. The predicted octanol–water partition coefficient (Wildman–Crippen LogP) is 1.84. The van der Waals surface area contributed by atoms with Crippen LogP contribution in [0.4, 0.5) is 5.88 Å². The van der Waals surface area contributed by atoms with Crippen LogP contribution in [0.5, 0.6) is 0 Å². The van der Waals surface area contributed by atoms with E-state index in [9.17, 15) is 10.3 Å². The van der Waals surface area contributed by atoms with Crippen molar-refractivity contribution in [2.45, 2.75) is 19.1 Å². The van der Waals surface area contributed by atoms with Crippen LogP contribution in [0.2, 0.25) is 0 Å². The summed E-state index contributed by atoms with van der Waals surface area (Å²) in [5.74, 6) is -0.00267. The molecule has 2 aromatic rings. The molecule has 1 N–H and O–H groups in total. The molecule has 0 aliphatic carbocycles. The second kappa shape index (κ2) is 5.37. The lowest BCUT2D eigenvalue weighted by Gasteiger charge is -2.11. The van der Waals surface area contributed by atoms with Gasteiger partial charge in [-0.3, -0.25) is 4.52 Å². The van der Waals surface area contributed by atoms with Crippen LogP contribution in [-0.2, 0) is 0 Å². The maximum Gasteiger partial charge on any atom is 0.339 e. The molecule has 1 aromatic carbocycles. The molecule has 0 radical (unpaired) electrons. The third kappa shape index (κ3) is 2.51. The van der Waals surface area contributed by atoms with Crippen LogP contribution in [0, 0.1) is 5.21 Å². The molecule has 94 valence electrons. The molecule has 0 saturated heterocycles. The Morgan fingerprint density at radius 2 is 2.11 bits per heavy atom. The number of rotatable bonds is 4. The Bertz CT molecular complexity index is 526. The largest absolute Gasteiger partial charge is 0.775 e. The summed E-state index contributed by atoms with van der Waals surface area (Å²) in [6.45, 7) is 1.78. The number of hydrogen-bond acceptors (Lipinski definition) is 6. The number of aliphatic hydroxyl groups is 1. The van der Waals surface area contributed by atoms with Crippen LogP contribution in [-0.4, -0.2) is 10.4 Å². The van der Waals surface area contributed by atoms with Crippen molar-refractivity contribution < 1.29 is 14.3 Å². The number of hydrogen-bond donors (Lipinski definition) is 1. The van der Waals surface area contributed by atoms with Gasteiger partial charge >= 0.3 is 5.88 Å². The lowest BCUT2D eigenvalue weighted by atomic mass is 10.0. The van der Waals surface area contributed by atoms with Crippen LogP contribution < -0.4 is 4.68 Å². The molecule has 7 nitrogen and oxygen atoms in total. The zero-order valence-corrected chi connectivity index (χ0v) is 9.67. The van der Waals surface area contributed by atoms with E-state index in [1.165, 1.54) is 10.9 Å². The summed E-state index contributed by atoms with van der Waals surface area (Å²) in [4.78, 5) is 0. The van der Waals surface area contributed by atoms with E-state index < -0.39 is 6.10 Å². The van der Waals surface area contributed by atoms with Crippen molar-refractivity contribution in [2.24, 2.45) is 10.4 Å². The molecular formula is C11H12N4O3. The fourth-order valence-corrected chi connectivity index (χ4v) is 1.60. The van der Waals surface area contributed by atoms with E-state index in [-0.39, 0.29) is 11.9 Å². The topological polar surface area (TPSA) is 97.9 Å². The molecule has 0 aliphatic heterocycles. The number of benzene rings is 1. The normalized spacial score (nSPS) is 14.8. The number of nitrogens with zero attached hydrogens (tertiary/aromatic N) is 4. The standard InChI is InChI=1S/C11H12N4O3/c1-8(11(16)9-5-3-2-4-6-9)15-7-10(12-13-17)18-14-15/h2-8,11,16H,1H3. The molecule has 2 atom stereocenters. The van der Waals surface area contributed by atoms with Crippen molar-refractivity contribution in [1.82, 2.24) is 5.27 Å². The minimum Gasteiger partial charge on any atom is -0.775 e. The third-order valence-corrected chi connectivity index (χ3v) is 2.63. The van der Waals surface area contributed by atoms with Crippen molar-refractivity contribution in [1.29, 1.82) is 0 Å². The third-order valence-electron chi connectivity index (χ3n) is 2.63. The molecule has 18 heavy (non-hydrogen) atoms. The van der Waals surface area contributed by atoms with Gasteiger partial charge in [-0.1, -0.05) is 30.3 Å². The van der Waals surface area contributed by atoms with Gasteiger partial charge in [0.1, 0.15) is 6.10 Å². The molecule has 1 heterocycles. The molecule has 0 bridgehead atoms. The van der Waals surface area contributed by atoms with Crippen molar-refractivity contribution in [3.8, 4) is 0 Å². The van der Waals surface area contributed by atoms with Gasteiger partial charge in [0, 0.05) is 6.92 Å². The molecule has 2 rings (SSSR count). The van der Waals surface area contributed by atoms with E-state index in [2.05, 4.69) is 15.7 Å². The molecule has 1 aromatic heterocycles. The summed E-state index contributed by atoms with van der Waals surface area (Å²) in [5, 5.41) is 29.3. The second-order valence-electron chi connectivity index (χ2n) is 3.80. The zero-order chi connectivity index (χ0) is 13.0. The van der Waals surface area contributed by atoms with Crippen LogP contribution in [0.15, 0.2) is 51.4 Å². The van der Waals surface area contributed by atoms with E-state index >= 15 is 0 Å². The van der Waals surface area contributed by atoms with Crippen molar-refractivity contribution in [2.75, 3.05) is 0 Å². The van der Waals surface area contributed by atoms with Crippen LogP contribution in [0.3, 0.4) is 0 Å². The van der Waals surface area contributed by atoms with Crippen LogP contribution >= 0.6 is 0 Å². The molecule has 0 spiro atoms. The van der Waals surface area contributed by atoms with E-state index in [1.807, 2.05) is 30.3 Å². The lowest BCUT2D eigenvalue weighted by Crippen LogP contribution is -2.42. The Labute approximate surface area is 103 Å². The molecule has 0 saturated carbocycles. The van der Waals surface area contributed by atoms with Crippen molar-refractivity contribution in [3.63, 3.8) is 0 Å². The van der Waals surface area contributed by atoms with E-state index in [4.69, 9.17) is 4.52 Å². The summed E-state index contributed by atoms with van der Waals surface area (Å²) < 4.78 is 6.14. The summed E-state index contributed by atoms with van der Waals surface area (Å²) in [7, 11) is 0. The Morgan fingerprint density at radius 3 is 2.78 bits per heavy atom. The van der Waals surface area contributed by atoms with E-state index in [0.717, 1.165) is 5.56 Å². The summed E-state index contributed by atoms with van der Waals surface area (Å²) >= 11 is 0. The first-order valence-electron chi connectivity index (χ1n) is 5.37. The van der Waals surface area contributed by atoms with Gasteiger partial charge in [-0.05, 0) is 10.2 Å². The van der Waals surface area contributed by atoms with Gasteiger partial charge in [0.25, 0.3) is 6.20 Å². The Hall–Kier alpha value is -2.28. The highest BCUT2D eigenvalue weighted by atomic mass is 16.5. The fourth-order valence-electron chi connectivity index (χ4n) is 1.60. The van der Waals surface area contributed by atoms with Gasteiger partial charge < -0.3 is 10.3 Å². The average molecular weight is 248 g/mol. The minimum atomic E-state index is -0.738. The summed E-state index contributed by atoms with van der Waals surface area (Å²) in [6.07, 6.45) is 0.663. The van der Waals surface area contributed by atoms with Crippen molar-refractivity contribution >= 4 is 5.88 Å². The molecule has 0 aliphatic rings. The lowest BCUT2D eigenvalue weighted by molar-refractivity contribution is -0.789. The molecule has 2 unspecified atom stereocenters. The first-order valence-corrected chi connectivity index (χ1v) is 5.37. The monoisotopic (exact) mass is 248 g/mol. The highest BCUT2D eigenvalue weighted by Crippen LogP contribution is 2.21. The molecular weight excluding hydrogens is 236 g/mol. The Morgan fingerprint density at radius 1 is 1.39 bits per heavy atom. The second-order valence-corrected chi connectivity index (χ2v) is 3.80. The quantitative estimate of drug-likeness (QED) is 0.507. The predicted molar refractivity (Wildman–Crippen MR) is 60.7 cm³/mol. The van der Waals surface area contributed by atoms with Gasteiger partial charge in [-0.25, -0.2) is 5.28 Å². The SMILES string of the molecule is CC(C(O)c1ccccc1)[n+]1cc(/N=N/[O-])on1.